The summed E-state index contributed by atoms with van der Waals surface area (Å²) in [5, 5.41) is 0. The zero-order valence-electron chi connectivity index (χ0n) is 23.3. The predicted octanol–water partition coefficient (Wildman–Crippen LogP) is 7.62. The highest BCUT2D eigenvalue weighted by Gasteiger charge is 2.22. The van der Waals surface area contributed by atoms with Crippen molar-refractivity contribution in [2.45, 2.75) is 68.2 Å². The van der Waals surface area contributed by atoms with Gasteiger partial charge in [0.1, 0.15) is 5.56 Å². The Labute approximate surface area is 217 Å². The second-order valence-electron chi connectivity index (χ2n) is 10.2. The fourth-order valence-electron chi connectivity index (χ4n) is 5.75. The van der Waals surface area contributed by atoms with Gasteiger partial charge in [-0.3, -0.25) is 0 Å². The summed E-state index contributed by atoms with van der Waals surface area (Å²) in [4.78, 5) is 29.4. The molecule has 0 atom stereocenters. The quantitative estimate of drug-likeness (QED) is 0.255. The summed E-state index contributed by atoms with van der Waals surface area (Å²) in [5.74, 6) is -0.357. The Morgan fingerprint density at radius 2 is 1.24 bits per heavy atom. The van der Waals surface area contributed by atoms with Crippen LogP contribution in [0.15, 0.2) is 12.1 Å². The van der Waals surface area contributed by atoms with E-state index in [9.17, 15) is 4.79 Å². The molecule has 5 heterocycles. The molecule has 0 radical (unpaired) electrons. The molecule has 0 aliphatic carbocycles. The summed E-state index contributed by atoms with van der Waals surface area (Å²) in [6, 6.07) is 4.27. The fourth-order valence-corrected chi connectivity index (χ4v) is 5.75. The molecule has 3 N–H and O–H groups in total. The van der Waals surface area contributed by atoms with Gasteiger partial charge in [0, 0.05) is 16.6 Å². The summed E-state index contributed by atoms with van der Waals surface area (Å²) in [6.45, 7) is 17.0. The van der Waals surface area contributed by atoms with E-state index in [-0.39, 0.29) is 5.97 Å². The first-order chi connectivity index (χ1) is 17.6. The number of hydrogen-bond acceptors (Lipinski definition) is 3. The fraction of sp³-hybridized carbons (Fsp3) is 0.355. The number of aryl methyl sites for hydroxylation is 6. The molecule has 0 aromatic carbocycles. The number of rotatable bonds is 3. The minimum absolute atomic E-state index is 0.357. The molecule has 1 aliphatic heterocycles. The molecule has 37 heavy (non-hydrogen) atoms. The summed E-state index contributed by atoms with van der Waals surface area (Å²) in [6.07, 6.45) is 1.57. The molecule has 0 unspecified atom stereocenters. The summed E-state index contributed by atoms with van der Waals surface area (Å²) in [5.41, 5.74) is 17.3. The van der Waals surface area contributed by atoms with E-state index in [4.69, 9.17) is 9.72 Å². The average molecular weight is 497 g/mol. The lowest BCUT2D eigenvalue weighted by Gasteiger charge is -2.05. The number of fused-ring (bicyclic) bond motifs is 9. The zero-order valence-corrected chi connectivity index (χ0v) is 23.3. The lowest BCUT2D eigenvalue weighted by Crippen LogP contribution is -2.04. The van der Waals surface area contributed by atoms with Crippen LogP contribution < -0.4 is 0 Å². The number of esters is 1. The van der Waals surface area contributed by atoms with Crippen LogP contribution in [0.5, 0.6) is 0 Å². The van der Waals surface area contributed by atoms with Crippen LogP contribution in [0, 0.1) is 27.7 Å². The minimum Gasteiger partial charge on any atom is -0.465 e. The first kappa shape index (κ1) is 24.9. The van der Waals surface area contributed by atoms with Gasteiger partial charge in [0.2, 0.25) is 0 Å². The van der Waals surface area contributed by atoms with Gasteiger partial charge < -0.3 is 19.7 Å². The predicted molar refractivity (Wildman–Crippen MR) is 153 cm³/mol. The van der Waals surface area contributed by atoms with Gasteiger partial charge in [-0.25, -0.2) is 9.78 Å². The van der Waals surface area contributed by atoms with Gasteiger partial charge in [-0.1, -0.05) is 13.8 Å². The lowest BCUT2D eigenvalue weighted by atomic mass is 10.0. The van der Waals surface area contributed by atoms with E-state index in [1.54, 1.807) is 0 Å². The molecule has 6 heteroatoms. The Morgan fingerprint density at radius 1 is 0.730 bits per heavy atom. The first-order valence-corrected chi connectivity index (χ1v) is 13.0. The highest BCUT2D eigenvalue weighted by atomic mass is 16.5. The third-order valence-corrected chi connectivity index (χ3v) is 8.37. The molecular weight excluding hydrogens is 460 g/mol. The molecule has 0 amide bonds. The Bertz CT molecular complexity index is 1760. The van der Waals surface area contributed by atoms with Crippen LogP contribution in [0.3, 0.4) is 0 Å². The van der Waals surface area contributed by atoms with Gasteiger partial charge in [0.05, 0.1) is 35.0 Å². The third-order valence-electron chi connectivity index (χ3n) is 8.37. The number of aromatic nitrogens is 4. The monoisotopic (exact) mass is 496 g/mol. The van der Waals surface area contributed by atoms with Gasteiger partial charge in [-0.05, 0) is 111 Å². The largest absolute Gasteiger partial charge is 0.465 e. The van der Waals surface area contributed by atoms with Crippen LogP contribution in [-0.2, 0) is 17.6 Å². The molecule has 5 rings (SSSR count). The maximum Gasteiger partial charge on any atom is 0.342 e. The van der Waals surface area contributed by atoms with Crippen LogP contribution >= 0.6 is 0 Å². The van der Waals surface area contributed by atoms with Crippen molar-refractivity contribution in [1.82, 2.24) is 19.9 Å². The van der Waals surface area contributed by atoms with Crippen molar-refractivity contribution in [3.05, 3.63) is 62.5 Å². The number of allylic oxidation sites excluding steroid dienone is 2. The van der Waals surface area contributed by atoms with E-state index in [2.05, 4.69) is 82.5 Å². The van der Waals surface area contributed by atoms with Crippen molar-refractivity contribution < 1.29 is 9.53 Å². The Kier molecular flexibility index (Phi) is 6.01. The zero-order chi connectivity index (χ0) is 26.8. The average Bonchev–Trinajstić information content (AvgIpc) is 3.54. The normalized spacial score (nSPS) is 12.7. The van der Waals surface area contributed by atoms with Gasteiger partial charge >= 0.3 is 5.97 Å². The molecule has 8 bridgehead atoms. The highest BCUT2D eigenvalue weighted by molar-refractivity contribution is 6.07. The maximum absolute atomic E-state index is 13.4. The number of nitrogens with zero attached hydrogens (tertiary/aromatic N) is 1. The SMILES string of the molecule is CCc1c(C)c2cc3nc(c4[nH]c(cc5[nH]c(c(CC)c5C)c(C(=O)OC)c1[nH]2)c(C)c4C)C(C)=C3C. The molecule has 6 nitrogen and oxygen atoms in total. The minimum atomic E-state index is -0.357. The molecule has 0 saturated carbocycles. The number of nitrogens with one attached hydrogen (secondary N) is 3. The number of H-pyrrole nitrogens is 3. The van der Waals surface area contributed by atoms with Crippen molar-refractivity contribution in [3.8, 4) is 0 Å². The number of methoxy groups -OCH3 is 1. The van der Waals surface area contributed by atoms with Crippen LogP contribution in [-0.4, -0.2) is 33.0 Å². The number of carbonyl (C=O) groups is 1. The maximum atomic E-state index is 13.4. The molecule has 192 valence electrons. The van der Waals surface area contributed by atoms with Gasteiger partial charge in [-0.2, -0.15) is 0 Å². The van der Waals surface area contributed by atoms with E-state index in [1.165, 1.54) is 23.8 Å². The first-order valence-electron chi connectivity index (χ1n) is 13.0. The summed E-state index contributed by atoms with van der Waals surface area (Å²) in [7, 11) is 1.45. The number of hydrogen-bond donors (Lipinski definition) is 3. The van der Waals surface area contributed by atoms with E-state index >= 15 is 0 Å². The van der Waals surface area contributed by atoms with Crippen molar-refractivity contribution in [2.24, 2.45) is 0 Å². The molecular formula is C31H36N4O2. The second-order valence-corrected chi connectivity index (χ2v) is 10.2. The van der Waals surface area contributed by atoms with E-state index in [0.29, 0.717) is 5.56 Å². The molecule has 0 saturated heterocycles. The van der Waals surface area contributed by atoms with Gasteiger partial charge in [0.15, 0.2) is 0 Å². The molecule has 4 aromatic rings. The van der Waals surface area contributed by atoms with E-state index < -0.39 is 0 Å². The van der Waals surface area contributed by atoms with Crippen molar-refractivity contribution in [2.75, 3.05) is 7.11 Å². The standard InChI is InChI=1S/C31H36N4O2/c1-10-20-18(7)24-12-22-14(3)16(5)27(32-22)28-17(6)15(4)23(33-28)13-25-19(8)21(11-2)30(35-25)26(29(20)34-24)31(36)37-9/h12-13,32,34-35H,10-11H2,1-9H3. The van der Waals surface area contributed by atoms with Gasteiger partial charge in [-0.15, -0.1) is 0 Å². The molecule has 4 aromatic heterocycles. The Balaban J connectivity index is 2.14. The molecule has 0 spiro atoms. The highest BCUT2D eigenvalue weighted by Crippen LogP contribution is 2.36. The van der Waals surface area contributed by atoms with E-state index in [1.807, 2.05) is 0 Å². The lowest BCUT2D eigenvalue weighted by molar-refractivity contribution is 0.0604. The Morgan fingerprint density at radius 3 is 1.78 bits per heavy atom. The van der Waals surface area contributed by atoms with Crippen molar-refractivity contribution >= 4 is 50.2 Å². The van der Waals surface area contributed by atoms with E-state index in [0.717, 1.165) is 85.2 Å². The molecule has 1 aliphatic rings. The topological polar surface area (TPSA) is 86.6 Å². The molecule has 0 fully saturated rings. The van der Waals surface area contributed by atoms with Crippen LogP contribution in [0.2, 0.25) is 0 Å². The van der Waals surface area contributed by atoms with Crippen LogP contribution in [0.4, 0.5) is 0 Å². The van der Waals surface area contributed by atoms with Crippen LogP contribution in [0.1, 0.15) is 82.8 Å². The number of carbonyl (C=O) groups excluding carboxylic acids is 1. The number of ether oxygens (including phenoxy) is 1. The Hall–Kier alpha value is -3.80. The van der Waals surface area contributed by atoms with Crippen molar-refractivity contribution in [3.63, 3.8) is 0 Å². The third kappa shape index (κ3) is 3.61. The smallest absolute Gasteiger partial charge is 0.342 e. The summed E-state index contributed by atoms with van der Waals surface area (Å²) >= 11 is 0. The van der Waals surface area contributed by atoms with Crippen molar-refractivity contribution in [1.29, 1.82) is 0 Å². The summed E-state index contributed by atoms with van der Waals surface area (Å²) < 4.78 is 5.35. The van der Waals surface area contributed by atoms with Gasteiger partial charge in [0.25, 0.3) is 0 Å². The van der Waals surface area contributed by atoms with Crippen LogP contribution in [0.25, 0.3) is 44.2 Å². The second kappa shape index (κ2) is 8.94. The number of aromatic amines is 3.